The first-order chi connectivity index (χ1) is 8.27. The Kier molecular flexibility index (Phi) is 5.97. The van der Waals surface area contributed by atoms with Crippen molar-refractivity contribution < 1.29 is 32.7 Å². The van der Waals surface area contributed by atoms with Crippen molar-refractivity contribution in [3.05, 3.63) is 58.4 Å². The Morgan fingerprint density at radius 1 is 1.17 bits per heavy atom. The Hall–Kier alpha value is -0.726. The van der Waals surface area contributed by atoms with Gasteiger partial charge in [-0.05, 0) is 13.3 Å². The van der Waals surface area contributed by atoms with E-state index in [1.54, 1.807) is 16.7 Å². The molecule has 18 heavy (non-hydrogen) atoms. The summed E-state index contributed by atoms with van der Waals surface area (Å²) in [6, 6.07) is 14.6. The second-order valence-electron chi connectivity index (χ2n) is 3.92. The van der Waals surface area contributed by atoms with E-state index in [0.717, 1.165) is 17.7 Å². The second kappa shape index (κ2) is 7.01. The van der Waals surface area contributed by atoms with Gasteiger partial charge in [0.05, 0.1) is 0 Å². The van der Waals surface area contributed by atoms with E-state index in [1.807, 2.05) is 19.1 Å². The van der Waals surface area contributed by atoms with Gasteiger partial charge in [-0.1, -0.05) is 48.0 Å². The fourth-order valence-corrected chi connectivity index (χ4v) is 2.07. The SMILES string of the molecule is CCc1ccccc1-c1[c-]ccc(=O)n1CC.[Y]. The molecule has 0 saturated heterocycles. The van der Waals surface area contributed by atoms with E-state index in [4.69, 9.17) is 0 Å². The van der Waals surface area contributed by atoms with E-state index >= 15 is 0 Å². The summed E-state index contributed by atoms with van der Waals surface area (Å²) in [5, 5.41) is 0. The molecule has 1 aromatic carbocycles. The summed E-state index contributed by atoms with van der Waals surface area (Å²) in [6.07, 6.45) is 0.955. The molecule has 2 nitrogen and oxygen atoms in total. The molecule has 1 radical (unpaired) electrons. The van der Waals surface area contributed by atoms with Crippen molar-refractivity contribution in [1.29, 1.82) is 0 Å². The third-order valence-electron chi connectivity index (χ3n) is 2.95. The average Bonchev–Trinajstić information content (AvgIpc) is 2.38. The van der Waals surface area contributed by atoms with Crippen molar-refractivity contribution in [1.82, 2.24) is 4.57 Å². The normalized spacial score (nSPS) is 9.89. The van der Waals surface area contributed by atoms with Crippen LogP contribution in [0.4, 0.5) is 0 Å². The molecule has 0 aliphatic rings. The quantitative estimate of drug-likeness (QED) is 0.798. The summed E-state index contributed by atoms with van der Waals surface area (Å²) in [6.45, 7) is 4.77. The minimum Gasteiger partial charge on any atom is -0.343 e. The Balaban J connectivity index is 0.00000162. The molecule has 0 spiro atoms. The third-order valence-corrected chi connectivity index (χ3v) is 2.95. The summed E-state index contributed by atoms with van der Waals surface area (Å²) in [5.74, 6) is 0. The van der Waals surface area contributed by atoms with Gasteiger partial charge in [-0.15, -0.1) is 6.07 Å². The number of hydrogen-bond acceptors (Lipinski definition) is 1. The monoisotopic (exact) mass is 315 g/mol. The predicted molar refractivity (Wildman–Crippen MR) is 70.0 cm³/mol. The molecule has 2 rings (SSSR count). The fourth-order valence-electron chi connectivity index (χ4n) is 2.07. The van der Waals surface area contributed by atoms with Crippen LogP contribution in [0.2, 0.25) is 0 Å². The molecule has 0 fully saturated rings. The summed E-state index contributed by atoms with van der Waals surface area (Å²) >= 11 is 0. The molecular formula is C15H16NOY-. The largest absolute Gasteiger partial charge is 0.343 e. The van der Waals surface area contributed by atoms with E-state index in [9.17, 15) is 4.79 Å². The van der Waals surface area contributed by atoms with Crippen molar-refractivity contribution in [2.24, 2.45) is 0 Å². The summed E-state index contributed by atoms with van der Waals surface area (Å²) in [7, 11) is 0. The van der Waals surface area contributed by atoms with Crippen LogP contribution in [0.15, 0.2) is 41.2 Å². The molecule has 0 saturated carbocycles. The molecule has 0 aliphatic heterocycles. The summed E-state index contributed by atoms with van der Waals surface area (Å²) < 4.78 is 1.76. The van der Waals surface area contributed by atoms with Gasteiger partial charge in [0, 0.05) is 39.3 Å². The zero-order valence-electron chi connectivity index (χ0n) is 10.8. The van der Waals surface area contributed by atoms with E-state index in [1.165, 1.54) is 5.56 Å². The minimum atomic E-state index is 0. The minimum absolute atomic E-state index is 0. The average molecular weight is 315 g/mol. The standard InChI is InChI=1S/C15H16NO.Y/c1-3-12-8-5-6-9-13(12)14-10-7-11-15(17)16(14)4-2;/h5-9,11H,3-4H2,1-2H3;/q-1;. The van der Waals surface area contributed by atoms with Crippen LogP contribution in [0.5, 0.6) is 0 Å². The van der Waals surface area contributed by atoms with Crippen LogP contribution >= 0.6 is 0 Å². The first-order valence-electron chi connectivity index (χ1n) is 5.97. The van der Waals surface area contributed by atoms with E-state index in [0.29, 0.717) is 6.54 Å². The molecule has 91 valence electrons. The van der Waals surface area contributed by atoms with Gasteiger partial charge in [0.15, 0.2) is 5.56 Å². The Morgan fingerprint density at radius 3 is 2.56 bits per heavy atom. The third kappa shape index (κ3) is 2.99. The first-order valence-corrected chi connectivity index (χ1v) is 5.97. The Labute approximate surface area is 133 Å². The van der Waals surface area contributed by atoms with Crippen molar-refractivity contribution >= 4 is 0 Å². The van der Waals surface area contributed by atoms with Gasteiger partial charge < -0.3 is 4.57 Å². The first kappa shape index (κ1) is 15.3. The van der Waals surface area contributed by atoms with Crippen molar-refractivity contribution in [3.8, 4) is 11.3 Å². The van der Waals surface area contributed by atoms with Gasteiger partial charge in [-0.3, -0.25) is 4.79 Å². The molecule has 0 bridgehead atoms. The molecule has 0 aliphatic carbocycles. The van der Waals surface area contributed by atoms with Crippen LogP contribution in [0.3, 0.4) is 0 Å². The van der Waals surface area contributed by atoms with Crippen LogP contribution < -0.4 is 5.56 Å². The van der Waals surface area contributed by atoms with Gasteiger partial charge in [-0.2, -0.15) is 12.1 Å². The van der Waals surface area contributed by atoms with Gasteiger partial charge >= 0.3 is 0 Å². The molecule has 1 heterocycles. The van der Waals surface area contributed by atoms with Crippen molar-refractivity contribution in [3.63, 3.8) is 0 Å². The number of pyridine rings is 1. The van der Waals surface area contributed by atoms with Gasteiger partial charge in [0.1, 0.15) is 0 Å². The molecule has 0 unspecified atom stereocenters. The zero-order valence-corrected chi connectivity index (χ0v) is 13.6. The predicted octanol–water partition coefficient (Wildman–Crippen LogP) is 2.90. The maximum Gasteiger partial charge on any atom is 0.194 e. The van der Waals surface area contributed by atoms with E-state index in [2.05, 4.69) is 25.1 Å². The fraction of sp³-hybridized carbons (Fsp3) is 0.267. The summed E-state index contributed by atoms with van der Waals surface area (Å²) in [5.41, 5.74) is 3.27. The second-order valence-corrected chi connectivity index (χ2v) is 3.92. The number of aryl methyl sites for hydroxylation is 1. The van der Waals surface area contributed by atoms with Gasteiger partial charge in [0.25, 0.3) is 0 Å². The molecule has 3 heteroatoms. The van der Waals surface area contributed by atoms with E-state index in [-0.39, 0.29) is 38.3 Å². The Morgan fingerprint density at radius 2 is 1.89 bits per heavy atom. The van der Waals surface area contributed by atoms with Crippen LogP contribution in [0.1, 0.15) is 19.4 Å². The molecule has 0 amide bonds. The number of hydrogen-bond donors (Lipinski definition) is 0. The molecular weight excluding hydrogens is 299 g/mol. The number of rotatable bonds is 3. The molecule has 2 aromatic rings. The summed E-state index contributed by atoms with van der Waals surface area (Å²) in [4.78, 5) is 11.8. The molecule has 0 N–H and O–H groups in total. The maximum atomic E-state index is 11.8. The van der Waals surface area contributed by atoms with Crippen LogP contribution in [0.25, 0.3) is 11.3 Å². The van der Waals surface area contributed by atoms with Crippen molar-refractivity contribution in [2.75, 3.05) is 0 Å². The molecule has 1 aromatic heterocycles. The van der Waals surface area contributed by atoms with Crippen LogP contribution in [-0.4, -0.2) is 4.57 Å². The van der Waals surface area contributed by atoms with Crippen LogP contribution in [-0.2, 0) is 45.7 Å². The topological polar surface area (TPSA) is 22.0 Å². The number of nitrogens with zero attached hydrogens (tertiary/aromatic N) is 1. The van der Waals surface area contributed by atoms with Gasteiger partial charge in [-0.25, -0.2) is 0 Å². The van der Waals surface area contributed by atoms with Crippen molar-refractivity contribution in [2.45, 2.75) is 26.8 Å². The smallest absolute Gasteiger partial charge is 0.194 e. The van der Waals surface area contributed by atoms with E-state index < -0.39 is 0 Å². The number of aromatic nitrogens is 1. The number of benzene rings is 1. The molecule has 0 atom stereocenters. The maximum absolute atomic E-state index is 11.8. The van der Waals surface area contributed by atoms with Crippen LogP contribution in [0, 0.1) is 6.07 Å². The van der Waals surface area contributed by atoms with Gasteiger partial charge in [0.2, 0.25) is 0 Å². The zero-order chi connectivity index (χ0) is 12.3. The Bertz CT molecular complexity index is 575.